The molecule has 4 nitrogen and oxygen atoms in total. The predicted molar refractivity (Wildman–Crippen MR) is 72.0 cm³/mol. The van der Waals surface area contributed by atoms with Crippen LogP contribution >= 0.6 is 0 Å². The Labute approximate surface area is 113 Å². The predicted octanol–water partition coefficient (Wildman–Crippen LogP) is 1.69. The maximum Gasteiger partial charge on any atom is 0.303 e. The highest BCUT2D eigenvalue weighted by Gasteiger charge is 2.81. The van der Waals surface area contributed by atoms with Crippen molar-refractivity contribution in [3.63, 3.8) is 0 Å². The molecule has 4 aliphatic rings. The number of aliphatic carboxylic acids is 1. The van der Waals surface area contributed by atoms with E-state index < -0.39 is 5.97 Å². The summed E-state index contributed by atoms with van der Waals surface area (Å²) in [5, 5.41) is 9.27. The van der Waals surface area contributed by atoms with Gasteiger partial charge < -0.3 is 10.8 Å². The normalized spacial score (nSPS) is 51.7. The molecule has 4 rings (SSSR count). The van der Waals surface area contributed by atoms with E-state index in [1.54, 1.807) is 0 Å². The Morgan fingerprint density at radius 3 is 2.63 bits per heavy atom. The molecule has 0 bridgehead atoms. The van der Waals surface area contributed by atoms with Crippen LogP contribution in [0.2, 0.25) is 0 Å². The average molecular weight is 262 g/mol. The summed E-state index contributed by atoms with van der Waals surface area (Å²) in [6, 6.07) is 0. The first-order valence-corrected chi connectivity index (χ1v) is 7.45. The molecule has 1 unspecified atom stereocenters. The van der Waals surface area contributed by atoms with Crippen molar-refractivity contribution in [3.05, 3.63) is 0 Å². The quantitative estimate of drug-likeness (QED) is 0.757. The van der Waals surface area contributed by atoms with Gasteiger partial charge in [-0.25, -0.2) is 0 Å². The minimum Gasteiger partial charge on any atom is -0.481 e. The van der Waals surface area contributed by atoms with Gasteiger partial charge in [-0.15, -0.1) is 0 Å². The number of aliphatic imine (C=N–C) groups is 1. The minimum absolute atomic E-state index is 0.0828. The molecule has 104 valence electrons. The Morgan fingerprint density at radius 1 is 1.37 bits per heavy atom. The molecule has 0 aromatic carbocycles. The lowest BCUT2D eigenvalue weighted by molar-refractivity contribution is -0.154. The van der Waals surface area contributed by atoms with E-state index >= 15 is 0 Å². The van der Waals surface area contributed by atoms with E-state index in [4.69, 9.17) is 5.73 Å². The molecule has 0 saturated heterocycles. The highest BCUT2D eigenvalue weighted by atomic mass is 16.4. The summed E-state index contributed by atoms with van der Waals surface area (Å²) in [5.41, 5.74) is 6.35. The number of hydrogen-bond acceptors (Lipinski definition) is 3. The zero-order valence-electron chi connectivity index (χ0n) is 11.3. The molecular weight excluding hydrogens is 240 g/mol. The number of nitrogens with zero attached hydrogens (tertiary/aromatic N) is 1. The lowest BCUT2D eigenvalue weighted by Gasteiger charge is -2.58. The average Bonchev–Trinajstić information content (AvgIpc) is 3.01. The van der Waals surface area contributed by atoms with Crippen molar-refractivity contribution >= 4 is 12.7 Å². The van der Waals surface area contributed by atoms with Crippen LogP contribution in [-0.4, -0.2) is 29.9 Å². The molecule has 0 aromatic rings. The van der Waals surface area contributed by atoms with E-state index in [1.165, 1.54) is 12.8 Å². The summed E-state index contributed by atoms with van der Waals surface area (Å²) in [4.78, 5) is 15.9. The van der Waals surface area contributed by atoms with Crippen LogP contribution in [0, 0.1) is 28.6 Å². The number of rotatable bonds is 4. The van der Waals surface area contributed by atoms with Crippen molar-refractivity contribution in [3.8, 4) is 0 Å². The maximum atomic E-state index is 11.3. The van der Waals surface area contributed by atoms with Gasteiger partial charge in [0.2, 0.25) is 0 Å². The number of carboxylic acid groups (broad SMARTS) is 1. The number of fused-ring (bicyclic) bond motifs is 1. The molecule has 1 spiro atoms. The summed E-state index contributed by atoms with van der Waals surface area (Å²) in [7, 11) is 0. The summed E-state index contributed by atoms with van der Waals surface area (Å²) >= 11 is 0. The van der Waals surface area contributed by atoms with Gasteiger partial charge in [-0.1, -0.05) is 0 Å². The van der Waals surface area contributed by atoms with Crippen molar-refractivity contribution in [2.24, 2.45) is 39.3 Å². The molecule has 5 atom stereocenters. The topological polar surface area (TPSA) is 75.7 Å². The molecule has 4 heteroatoms. The second-order valence-electron chi connectivity index (χ2n) is 7.35. The highest BCUT2D eigenvalue weighted by Crippen LogP contribution is 2.83. The van der Waals surface area contributed by atoms with Crippen LogP contribution in [0.3, 0.4) is 0 Å². The van der Waals surface area contributed by atoms with Gasteiger partial charge in [-0.05, 0) is 74.0 Å². The van der Waals surface area contributed by atoms with E-state index in [0.717, 1.165) is 19.3 Å². The first kappa shape index (κ1) is 11.9. The fraction of sp³-hybridized carbons (Fsp3) is 0.867. The van der Waals surface area contributed by atoms with Crippen molar-refractivity contribution in [2.45, 2.75) is 44.1 Å². The molecule has 3 N–H and O–H groups in total. The third-order valence-electron chi connectivity index (χ3n) is 7.26. The highest BCUT2D eigenvalue weighted by molar-refractivity contribution is 5.68. The summed E-state index contributed by atoms with van der Waals surface area (Å²) < 4.78 is 0. The van der Waals surface area contributed by atoms with Gasteiger partial charge in [0.1, 0.15) is 0 Å². The fourth-order valence-corrected chi connectivity index (χ4v) is 6.43. The monoisotopic (exact) mass is 262 g/mol. The van der Waals surface area contributed by atoms with E-state index in [0.29, 0.717) is 29.7 Å². The largest absolute Gasteiger partial charge is 0.481 e. The minimum atomic E-state index is -0.690. The van der Waals surface area contributed by atoms with Crippen LogP contribution in [0.15, 0.2) is 4.99 Å². The van der Waals surface area contributed by atoms with Crippen molar-refractivity contribution in [1.82, 2.24) is 0 Å². The zero-order chi connectivity index (χ0) is 13.5. The molecule has 0 heterocycles. The van der Waals surface area contributed by atoms with Gasteiger partial charge >= 0.3 is 5.97 Å². The molecule has 4 aliphatic carbocycles. The van der Waals surface area contributed by atoms with Gasteiger partial charge in [-0.3, -0.25) is 9.79 Å². The number of hydrogen-bond donors (Lipinski definition) is 2. The van der Waals surface area contributed by atoms with Crippen molar-refractivity contribution in [2.75, 3.05) is 6.54 Å². The Bertz CT molecular complexity index is 473. The third-order valence-corrected chi connectivity index (χ3v) is 7.26. The zero-order valence-corrected chi connectivity index (χ0v) is 11.3. The Balaban J connectivity index is 1.76. The van der Waals surface area contributed by atoms with Gasteiger partial charge in [0, 0.05) is 0 Å². The SMILES string of the molecule is C=NC12CC[C@H]3[C@@H]1[C@@H](CC21CC1)[C@]3(CN)CC(=O)O. The van der Waals surface area contributed by atoms with Gasteiger partial charge in [0.15, 0.2) is 0 Å². The molecule has 4 fully saturated rings. The van der Waals surface area contributed by atoms with Crippen molar-refractivity contribution in [1.29, 1.82) is 0 Å². The van der Waals surface area contributed by atoms with E-state index in [-0.39, 0.29) is 17.4 Å². The Hall–Kier alpha value is -0.900. The first-order valence-electron chi connectivity index (χ1n) is 7.45. The first-order chi connectivity index (χ1) is 9.05. The lowest BCUT2D eigenvalue weighted by atomic mass is 9.46. The molecule has 0 amide bonds. The molecule has 0 aromatic heterocycles. The summed E-state index contributed by atoms with van der Waals surface area (Å²) in [6.45, 7) is 4.43. The Kier molecular flexibility index (Phi) is 2.01. The Morgan fingerprint density at radius 2 is 2.11 bits per heavy atom. The lowest BCUT2D eigenvalue weighted by Crippen LogP contribution is -2.60. The van der Waals surface area contributed by atoms with Crippen LogP contribution in [0.1, 0.15) is 38.5 Å². The van der Waals surface area contributed by atoms with Crippen LogP contribution < -0.4 is 5.73 Å². The van der Waals surface area contributed by atoms with E-state index in [1.807, 2.05) is 0 Å². The van der Waals surface area contributed by atoms with Gasteiger partial charge in [-0.2, -0.15) is 0 Å². The second kappa shape index (κ2) is 3.22. The van der Waals surface area contributed by atoms with E-state index in [2.05, 4.69) is 11.7 Å². The van der Waals surface area contributed by atoms with E-state index in [9.17, 15) is 9.90 Å². The fourth-order valence-electron chi connectivity index (χ4n) is 6.43. The standard InChI is InChI=1S/C15H22N2O2/c1-17-15-3-2-9-12(15)10(6-13(15)4-5-13)14(9,8-16)7-11(18)19/h9-10,12H,1-8,16H2,(H,18,19)/t9-,10+,12+,14-,15?/m0/s1. The molecule has 19 heavy (non-hydrogen) atoms. The maximum absolute atomic E-state index is 11.3. The van der Waals surface area contributed by atoms with Crippen molar-refractivity contribution < 1.29 is 9.90 Å². The van der Waals surface area contributed by atoms with Gasteiger partial charge in [0.25, 0.3) is 0 Å². The van der Waals surface area contributed by atoms with Crippen LogP contribution in [0.5, 0.6) is 0 Å². The smallest absolute Gasteiger partial charge is 0.303 e. The summed E-state index contributed by atoms with van der Waals surface area (Å²) in [6.07, 6.45) is 6.14. The van der Waals surface area contributed by atoms with Crippen LogP contribution in [0.25, 0.3) is 0 Å². The number of carboxylic acids is 1. The molecule has 0 radical (unpaired) electrons. The molecule has 4 saturated carbocycles. The third kappa shape index (κ3) is 1.04. The molecule has 0 aliphatic heterocycles. The number of nitrogens with two attached hydrogens (primary N) is 1. The summed E-state index contributed by atoms with van der Waals surface area (Å²) in [5.74, 6) is 0.846. The number of carbonyl (C=O) groups is 1. The van der Waals surface area contributed by atoms with Crippen LogP contribution in [-0.2, 0) is 4.79 Å². The molecular formula is C15H22N2O2. The van der Waals surface area contributed by atoms with Crippen LogP contribution in [0.4, 0.5) is 0 Å². The van der Waals surface area contributed by atoms with Gasteiger partial charge in [0.05, 0.1) is 12.0 Å². The second-order valence-corrected chi connectivity index (χ2v) is 7.35.